The molecule has 148 valence electrons. The number of aromatic nitrogens is 2. The number of hydrogen-bond donors (Lipinski definition) is 1. The molecule has 0 amide bonds. The summed E-state index contributed by atoms with van der Waals surface area (Å²) in [5.74, 6) is 1.01. The van der Waals surface area contributed by atoms with Gasteiger partial charge in [-0.2, -0.15) is 0 Å². The fourth-order valence-corrected chi connectivity index (χ4v) is 4.60. The van der Waals surface area contributed by atoms with E-state index in [4.69, 9.17) is 9.72 Å². The average molecular weight is 405 g/mol. The number of para-hydroxylation sites is 1. The van der Waals surface area contributed by atoms with Crippen molar-refractivity contribution in [2.75, 3.05) is 36.5 Å². The molecular weight excluding hydrogens is 380 g/mol. The minimum atomic E-state index is 0.795. The van der Waals surface area contributed by atoms with E-state index < -0.39 is 0 Å². The Balaban J connectivity index is 1.53. The molecule has 0 unspecified atom stereocenters. The molecule has 1 N–H and O–H groups in total. The van der Waals surface area contributed by atoms with Gasteiger partial charge in [0.05, 0.1) is 13.2 Å². The summed E-state index contributed by atoms with van der Waals surface area (Å²) in [4.78, 5) is 8.29. The maximum Gasteiger partial charge on any atom is 0.195 e. The van der Waals surface area contributed by atoms with Crippen molar-refractivity contribution in [3.63, 3.8) is 0 Å². The van der Waals surface area contributed by atoms with Gasteiger partial charge in [0.1, 0.15) is 11.5 Å². The van der Waals surface area contributed by atoms with Gasteiger partial charge < -0.3 is 15.0 Å². The largest absolute Gasteiger partial charge is 0.378 e. The molecule has 0 bridgehead atoms. The quantitative estimate of drug-likeness (QED) is 0.504. The topological polar surface area (TPSA) is 41.8 Å². The molecule has 29 heavy (non-hydrogen) atoms. The lowest BCUT2D eigenvalue weighted by molar-refractivity contribution is 0.122. The van der Waals surface area contributed by atoms with Gasteiger partial charge in [-0.05, 0) is 37.1 Å². The van der Waals surface area contributed by atoms with Crippen LogP contribution >= 0.6 is 11.3 Å². The Hall–Kier alpha value is -2.83. The molecule has 4 aromatic rings. The summed E-state index contributed by atoms with van der Waals surface area (Å²) >= 11 is 1.65. The van der Waals surface area contributed by atoms with Crippen LogP contribution in [0.15, 0.2) is 54.0 Å². The minimum Gasteiger partial charge on any atom is -0.378 e. The first kappa shape index (κ1) is 18.2. The highest BCUT2D eigenvalue weighted by Crippen LogP contribution is 2.35. The van der Waals surface area contributed by atoms with Crippen LogP contribution in [0.4, 0.5) is 17.2 Å². The first-order valence-corrected chi connectivity index (χ1v) is 10.8. The Morgan fingerprint density at radius 2 is 1.72 bits per heavy atom. The van der Waals surface area contributed by atoms with Crippen LogP contribution in [-0.2, 0) is 4.74 Å². The number of morpholine rings is 1. The Labute approximate surface area is 174 Å². The third-order valence-electron chi connectivity index (χ3n) is 5.50. The number of anilines is 3. The fourth-order valence-electron chi connectivity index (χ4n) is 3.89. The average Bonchev–Trinajstić information content (AvgIpc) is 3.34. The number of fused-ring (bicyclic) bond motifs is 1. The number of nitrogens with one attached hydrogen (secondary N) is 1. The maximum absolute atomic E-state index is 5.47. The zero-order chi connectivity index (χ0) is 19.8. The normalized spacial score (nSPS) is 14.5. The zero-order valence-corrected chi connectivity index (χ0v) is 17.5. The van der Waals surface area contributed by atoms with E-state index in [1.807, 2.05) is 0 Å². The summed E-state index contributed by atoms with van der Waals surface area (Å²) in [6, 6.07) is 15.1. The van der Waals surface area contributed by atoms with Crippen molar-refractivity contribution in [2.45, 2.75) is 13.8 Å². The molecule has 2 aromatic heterocycles. The third kappa shape index (κ3) is 3.39. The number of rotatable bonds is 4. The molecular formula is C23H24N4OS. The summed E-state index contributed by atoms with van der Waals surface area (Å²) in [6.07, 6.45) is 2.08. The lowest BCUT2D eigenvalue weighted by Gasteiger charge is -2.28. The van der Waals surface area contributed by atoms with E-state index in [2.05, 4.69) is 82.5 Å². The molecule has 3 heterocycles. The van der Waals surface area contributed by atoms with Crippen molar-refractivity contribution in [3.05, 3.63) is 65.2 Å². The number of imidazole rings is 1. The van der Waals surface area contributed by atoms with Gasteiger partial charge in [0.15, 0.2) is 4.96 Å². The molecule has 0 saturated carbocycles. The van der Waals surface area contributed by atoms with Crippen LogP contribution in [0.2, 0.25) is 0 Å². The van der Waals surface area contributed by atoms with E-state index in [0.29, 0.717) is 0 Å². The standard InChI is InChI=1S/C23H24N4OS/c1-16-4-3-5-17(2)20(16)24-22-21(25-23-27(22)12-15-29-23)18-6-8-19(9-7-18)26-10-13-28-14-11-26/h3-9,12,15,24H,10-11,13-14H2,1-2H3. The van der Waals surface area contributed by atoms with Gasteiger partial charge in [0, 0.05) is 41.6 Å². The predicted molar refractivity (Wildman–Crippen MR) is 121 cm³/mol. The smallest absolute Gasteiger partial charge is 0.195 e. The Bertz CT molecular complexity index is 1120. The van der Waals surface area contributed by atoms with E-state index in [0.717, 1.165) is 54.0 Å². The van der Waals surface area contributed by atoms with Gasteiger partial charge in [0.2, 0.25) is 0 Å². The molecule has 0 spiro atoms. The van der Waals surface area contributed by atoms with Crippen LogP contribution in [-0.4, -0.2) is 35.7 Å². The molecule has 5 rings (SSSR count). The lowest BCUT2D eigenvalue weighted by atomic mass is 10.1. The molecule has 1 aliphatic rings. The highest BCUT2D eigenvalue weighted by atomic mass is 32.1. The second-order valence-corrected chi connectivity index (χ2v) is 8.28. The maximum atomic E-state index is 5.47. The summed E-state index contributed by atoms with van der Waals surface area (Å²) in [6.45, 7) is 7.75. The van der Waals surface area contributed by atoms with Gasteiger partial charge in [-0.1, -0.05) is 30.3 Å². The number of ether oxygens (including phenoxy) is 1. The van der Waals surface area contributed by atoms with E-state index in [-0.39, 0.29) is 0 Å². The van der Waals surface area contributed by atoms with E-state index >= 15 is 0 Å². The van der Waals surface area contributed by atoms with Crippen molar-refractivity contribution < 1.29 is 4.74 Å². The molecule has 0 atom stereocenters. The van der Waals surface area contributed by atoms with E-state index in [1.165, 1.54) is 16.8 Å². The highest BCUT2D eigenvalue weighted by Gasteiger charge is 2.18. The molecule has 2 aromatic carbocycles. The van der Waals surface area contributed by atoms with Crippen LogP contribution in [0.3, 0.4) is 0 Å². The van der Waals surface area contributed by atoms with Crippen LogP contribution < -0.4 is 10.2 Å². The molecule has 5 nitrogen and oxygen atoms in total. The van der Waals surface area contributed by atoms with Crippen molar-refractivity contribution in [2.24, 2.45) is 0 Å². The van der Waals surface area contributed by atoms with Crippen molar-refractivity contribution in [1.29, 1.82) is 0 Å². The van der Waals surface area contributed by atoms with Crippen LogP contribution in [0.1, 0.15) is 11.1 Å². The number of hydrogen-bond acceptors (Lipinski definition) is 5. The number of aryl methyl sites for hydroxylation is 2. The number of nitrogens with zero attached hydrogens (tertiary/aromatic N) is 3. The van der Waals surface area contributed by atoms with Crippen molar-refractivity contribution in [1.82, 2.24) is 9.38 Å². The molecule has 6 heteroatoms. The molecule has 1 aliphatic heterocycles. The van der Waals surface area contributed by atoms with Crippen LogP contribution in [0.5, 0.6) is 0 Å². The second kappa shape index (κ2) is 7.54. The number of thiazole rings is 1. The Morgan fingerprint density at radius 1 is 1.00 bits per heavy atom. The van der Waals surface area contributed by atoms with E-state index in [1.54, 1.807) is 11.3 Å². The lowest BCUT2D eigenvalue weighted by Crippen LogP contribution is -2.36. The summed E-state index contributed by atoms with van der Waals surface area (Å²) in [7, 11) is 0. The van der Waals surface area contributed by atoms with E-state index in [9.17, 15) is 0 Å². The minimum absolute atomic E-state index is 0.795. The van der Waals surface area contributed by atoms with Crippen molar-refractivity contribution >= 4 is 33.5 Å². The Morgan fingerprint density at radius 3 is 2.45 bits per heavy atom. The second-order valence-electron chi connectivity index (χ2n) is 7.40. The third-order valence-corrected chi connectivity index (χ3v) is 6.26. The highest BCUT2D eigenvalue weighted by molar-refractivity contribution is 7.15. The van der Waals surface area contributed by atoms with Gasteiger partial charge in [-0.15, -0.1) is 11.3 Å². The van der Waals surface area contributed by atoms with Crippen LogP contribution in [0, 0.1) is 13.8 Å². The monoisotopic (exact) mass is 404 g/mol. The first-order chi connectivity index (χ1) is 14.2. The molecule has 1 fully saturated rings. The molecule has 1 saturated heterocycles. The van der Waals surface area contributed by atoms with Crippen LogP contribution in [0.25, 0.3) is 16.2 Å². The van der Waals surface area contributed by atoms with Gasteiger partial charge in [-0.25, -0.2) is 4.98 Å². The fraction of sp³-hybridized carbons (Fsp3) is 0.261. The molecule has 0 aliphatic carbocycles. The van der Waals surface area contributed by atoms with Gasteiger partial charge in [0.25, 0.3) is 0 Å². The van der Waals surface area contributed by atoms with Gasteiger partial charge in [-0.3, -0.25) is 4.40 Å². The first-order valence-electron chi connectivity index (χ1n) is 9.92. The SMILES string of the molecule is Cc1cccc(C)c1Nc1c(-c2ccc(N3CCOCC3)cc2)nc2sccn12. The zero-order valence-electron chi connectivity index (χ0n) is 16.7. The van der Waals surface area contributed by atoms with Crippen molar-refractivity contribution in [3.8, 4) is 11.3 Å². The van der Waals surface area contributed by atoms with Gasteiger partial charge >= 0.3 is 0 Å². The Kier molecular flexibility index (Phi) is 4.73. The molecule has 0 radical (unpaired) electrons. The summed E-state index contributed by atoms with van der Waals surface area (Å²) < 4.78 is 7.61. The summed E-state index contributed by atoms with van der Waals surface area (Å²) in [5, 5.41) is 5.75. The predicted octanol–water partition coefficient (Wildman–Crippen LogP) is 5.26. The number of benzene rings is 2. The summed E-state index contributed by atoms with van der Waals surface area (Å²) in [5.41, 5.74) is 6.93.